The van der Waals surface area contributed by atoms with Crippen LogP contribution in [0.1, 0.15) is 9.78 Å². The Morgan fingerprint density at radius 3 is 2.90 bits per heavy atom. The summed E-state index contributed by atoms with van der Waals surface area (Å²) in [5, 5.41) is 3.64. The SMILES string of the molecule is CC(=O)Oc1ccsc1.[H-].[H-].[Sr+2]. The van der Waals surface area contributed by atoms with Crippen LogP contribution in [-0.2, 0) is 4.79 Å². The van der Waals surface area contributed by atoms with Crippen LogP contribution in [0, 0.1) is 0 Å². The van der Waals surface area contributed by atoms with Crippen LogP contribution in [0.4, 0.5) is 0 Å². The molecule has 4 heteroatoms. The number of carbonyl (C=O) groups is 1. The summed E-state index contributed by atoms with van der Waals surface area (Å²) in [5.74, 6) is 0.362. The van der Waals surface area contributed by atoms with Crippen LogP contribution in [0.2, 0.25) is 0 Å². The van der Waals surface area contributed by atoms with Gasteiger partial charge in [-0.15, -0.1) is 11.3 Å². The molecule has 0 aliphatic heterocycles. The topological polar surface area (TPSA) is 26.3 Å². The minimum atomic E-state index is -0.270. The summed E-state index contributed by atoms with van der Waals surface area (Å²) in [6, 6.07) is 1.76. The van der Waals surface area contributed by atoms with Crippen molar-refractivity contribution < 1.29 is 12.4 Å². The van der Waals surface area contributed by atoms with Gasteiger partial charge in [0.25, 0.3) is 0 Å². The van der Waals surface area contributed by atoms with Crippen LogP contribution in [0.3, 0.4) is 0 Å². The van der Waals surface area contributed by atoms with E-state index in [-0.39, 0.29) is 54.3 Å². The van der Waals surface area contributed by atoms with E-state index in [0.29, 0.717) is 5.75 Å². The van der Waals surface area contributed by atoms with Crippen LogP contribution in [0.15, 0.2) is 16.8 Å². The normalized spacial score (nSPS) is 8.10. The van der Waals surface area contributed by atoms with Gasteiger partial charge < -0.3 is 7.59 Å². The first-order valence-corrected chi connectivity index (χ1v) is 3.44. The largest absolute Gasteiger partial charge is 2.00 e. The van der Waals surface area contributed by atoms with E-state index in [2.05, 4.69) is 0 Å². The van der Waals surface area contributed by atoms with E-state index in [1.54, 1.807) is 11.4 Å². The van der Waals surface area contributed by atoms with Crippen LogP contribution in [-0.4, -0.2) is 51.5 Å². The average Bonchev–Trinajstić information content (AvgIpc) is 2.15. The number of ether oxygens (including phenoxy) is 1. The number of hydrogen-bond acceptors (Lipinski definition) is 3. The molecule has 0 N–H and O–H groups in total. The smallest absolute Gasteiger partial charge is 1.00 e. The zero-order chi connectivity index (χ0) is 6.69. The summed E-state index contributed by atoms with van der Waals surface area (Å²) >= 11 is 1.50. The molecule has 1 rings (SSSR count). The van der Waals surface area contributed by atoms with E-state index in [1.165, 1.54) is 18.3 Å². The minimum Gasteiger partial charge on any atom is -1.00 e. The maximum atomic E-state index is 10.3. The fraction of sp³-hybridized carbons (Fsp3) is 0.167. The van der Waals surface area contributed by atoms with Crippen molar-refractivity contribution in [3.63, 3.8) is 0 Å². The first kappa shape index (κ1) is 10.7. The fourth-order valence-corrected chi connectivity index (χ4v) is 1.03. The second-order valence-corrected chi connectivity index (χ2v) is 2.33. The van der Waals surface area contributed by atoms with Gasteiger partial charge in [0.2, 0.25) is 0 Å². The molecule has 10 heavy (non-hydrogen) atoms. The monoisotopic (exact) mass is 232 g/mol. The molecule has 0 atom stereocenters. The van der Waals surface area contributed by atoms with Crippen molar-refractivity contribution in [2.45, 2.75) is 6.92 Å². The molecule has 0 bridgehead atoms. The second kappa shape index (κ2) is 5.32. The quantitative estimate of drug-likeness (QED) is 0.541. The third-order valence-electron chi connectivity index (χ3n) is 0.757. The summed E-state index contributed by atoms with van der Waals surface area (Å²) in [5.41, 5.74) is 0. The van der Waals surface area contributed by atoms with E-state index < -0.39 is 0 Å². The molecule has 1 aromatic rings. The predicted octanol–water partition coefficient (Wildman–Crippen LogP) is 1.52. The van der Waals surface area contributed by atoms with Crippen molar-refractivity contribution in [2.75, 3.05) is 0 Å². The van der Waals surface area contributed by atoms with Gasteiger partial charge >= 0.3 is 51.5 Å². The van der Waals surface area contributed by atoms with E-state index in [9.17, 15) is 4.79 Å². The molecule has 0 saturated heterocycles. The van der Waals surface area contributed by atoms with Crippen LogP contribution in [0.25, 0.3) is 0 Å². The maximum Gasteiger partial charge on any atom is 2.00 e. The summed E-state index contributed by atoms with van der Waals surface area (Å²) in [7, 11) is 0. The van der Waals surface area contributed by atoms with Gasteiger partial charge in [-0.2, -0.15) is 0 Å². The molecule has 52 valence electrons. The Kier molecular flexibility index (Phi) is 5.67. The van der Waals surface area contributed by atoms with E-state index in [0.717, 1.165) is 0 Å². The Hall–Kier alpha value is 0.651. The Morgan fingerprint density at radius 2 is 2.50 bits per heavy atom. The van der Waals surface area contributed by atoms with Crippen molar-refractivity contribution in [1.29, 1.82) is 0 Å². The summed E-state index contributed by atoms with van der Waals surface area (Å²) < 4.78 is 4.73. The fourth-order valence-electron chi connectivity index (χ4n) is 0.476. The Bertz CT molecular complexity index is 203. The van der Waals surface area contributed by atoms with E-state index in [1.807, 2.05) is 5.38 Å². The summed E-state index contributed by atoms with van der Waals surface area (Å²) in [6.45, 7) is 1.39. The van der Waals surface area contributed by atoms with E-state index >= 15 is 0 Å². The van der Waals surface area contributed by atoms with Crippen molar-refractivity contribution in [2.24, 2.45) is 0 Å². The molecule has 0 fully saturated rings. The molecule has 0 radical (unpaired) electrons. The van der Waals surface area contributed by atoms with Crippen LogP contribution in [0.5, 0.6) is 5.75 Å². The molecular formula is C6H8O2SSr. The molecule has 2 nitrogen and oxygen atoms in total. The first-order chi connectivity index (χ1) is 4.29. The summed E-state index contributed by atoms with van der Waals surface area (Å²) in [4.78, 5) is 10.3. The van der Waals surface area contributed by atoms with Gasteiger partial charge in [0.15, 0.2) is 0 Å². The van der Waals surface area contributed by atoms with Gasteiger partial charge in [-0.3, -0.25) is 4.79 Å². The third-order valence-corrected chi connectivity index (χ3v) is 1.42. The molecule has 0 aromatic carbocycles. The standard InChI is InChI=1S/C6H6O2S.Sr.2H/c1-5(7)8-6-2-3-9-4-6;;;/h2-4H,1H3;;;/q;+2;2*-1. The molecule has 0 saturated carbocycles. The van der Waals surface area contributed by atoms with Gasteiger partial charge in [-0.1, -0.05) is 0 Å². The van der Waals surface area contributed by atoms with Crippen molar-refractivity contribution in [3.05, 3.63) is 16.8 Å². The summed E-state index contributed by atoms with van der Waals surface area (Å²) in [6.07, 6.45) is 0. The van der Waals surface area contributed by atoms with Crippen LogP contribution >= 0.6 is 11.3 Å². The van der Waals surface area contributed by atoms with E-state index in [4.69, 9.17) is 4.74 Å². The van der Waals surface area contributed by atoms with Crippen molar-refractivity contribution in [1.82, 2.24) is 0 Å². The Balaban J connectivity index is -0.000000270. The van der Waals surface area contributed by atoms with Crippen LogP contribution < -0.4 is 4.74 Å². The first-order valence-electron chi connectivity index (χ1n) is 2.49. The second-order valence-electron chi connectivity index (χ2n) is 1.55. The van der Waals surface area contributed by atoms with Crippen molar-refractivity contribution in [3.8, 4) is 5.75 Å². The minimum absolute atomic E-state index is 0. The van der Waals surface area contributed by atoms with Crippen molar-refractivity contribution >= 4 is 62.8 Å². The van der Waals surface area contributed by atoms with Gasteiger partial charge in [0.05, 0.1) is 0 Å². The maximum absolute atomic E-state index is 10.3. The van der Waals surface area contributed by atoms with Gasteiger partial charge in [-0.05, 0) is 11.4 Å². The third kappa shape index (κ3) is 3.73. The molecule has 1 aromatic heterocycles. The molecule has 0 spiro atoms. The number of rotatable bonds is 1. The molecular weight excluding hydrogens is 224 g/mol. The average molecular weight is 232 g/mol. The number of hydrogen-bond donors (Lipinski definition) is 0. The number of carbonyl (C=O) groups excluding carboxylic acids is 1. The van der Waals surface area contributed by atoms with Gasteiger partial charge in [0.1, 0.15) is 5.75 Å². The molecule has 0 unspecified atom stereocenters. The molecule has 0 aliphatic rings. The Labute approximate surface area is 103 Å². The van der Waals surface area contributed by atoms with Gasteiger partial charge in [-0.25, -0.2) is 0 Å². The molecule has 0 amide bonds. The van der Waals surface area contributed by atoms with Gasteiger partial charge in [0, 0.05) is 12.3 Å². The molecule has 1 heterocycles. The zero-order valence-electron chi connectivity index (χ0n) is 7.66. The number of thiophene rings is 1. The predicted molar refractivity (Wildman–Crippen MR) is 43.6 cm³/mol. The Morgan fingerprint density at radius 1 is 1.80 bits per heavy atom. The molecule has 0 aliphatic carbocycles. The zero-order valence-corrected chi connectivity index (χ0v) is 9.96. The number of esters is 1.